The summed E-state index contributed by atoms with van der Waals surface area (Å²) in [5, 5.41) is 0.746. The van der Waals surface area contributed by atoms with Crippen molar-refractivity contribution in [2.45, 2.75) is 4.90 Å². The lowest BCUT2D eigenvalue weighted by atomic mass is 10.1. The van der Waals surface area contributed by atoms with E-state index in [0.717, 1.165) is 24.2 Å². The Hall–Kier alpha value is -3.98. The molecule has 5 rings (SSSR count). The molecule has 4 aromatic rings. The van der Waals surface area contributed by atoms with Gasteiger partial charge in [-0.3, -0.25) is 19.5 Å². The minimum absolute atomic E-state index is 0.0676. The number of carbonyl (C=O) groups excluding carboxylic acids is 1. The molecule has 2 aromatic heterocycles. The van der Waals surface area contributed by atoms with Gasteiger partial charge >= 0.3 is 0 Å². The largest absolute Gasteiger partial charge is 0.368 e. The third kappa shape index (κ3) is 4.42. The van der Waals surface area contributed by atoms with Crippen molar-refractivity contribution in [2.75, 3.05) is 35.8 Å². The van der Waals surface area contributed by atoms with Crippen molar-refractivity contribution in [1.82, 2.24) is 14.9 Å². The highest BCUT2D eigenvalue weighted by atomic mass is 32.2. The first-order valence-corrected chi connectivity index (χ1v) is 12.4. The van der Waals surface area contributed by atoms with Crippen LogP contribution in [0.15, 0.2) is 90.2 Å². The molecule has 0 saturated carbocycles. The van der Waals surface area contributed by atoms with E-state index in [0.29, 0.717) is 29.9 Å². The van der Waals surface area contributed by atoms with Gasteiger partial charge in [0.25, 0.3) is 15.9 Å². The molecule has 34 heavy (non-hydrogen) atoms. The summed E-state index contributed by atoms with van der Waals surface area (Å²) in [5.41, 5.74) is 2.41. The number of anilines is 2. The van der Waals surface area contributed by atoms with Crippen LogP contribution in [0.1, 0.15) is 10.4 Å². The molecule has 172 valence electrons. The Bertz CT molecular complexity index is 1410. The SMILES string of the molecule is O=C(c1ccc(NS(=O)(=O)c2cccc3cccnc23)cc1)N1CCN(c2ccncc2)CC1. The highest BCUT2D eigenvalue weighted by Gasteiger charge is 2.23. The van der Waals surface area contributed by atoms with Crippen molar-refractivity contribution in [2.24, 2.45) is 0 Å². The number of pyridine rings is 2. The van der Waals surface area contributed by atoms with Gasteiger partial charge in [0.15, 0.2) is 0 Å². The molecule has 3 heterocycles. The van der Waals surface area contributed by atoms with Crippen LogP contribution in [-0.4, -0.2) is 55.4 Å². The van der Waals surface area contributed by atoms with Gasteiger partial charge in [-0.25, -0.2) is 8.42 Å². The predicted molar refractivity (Wildman–Crippen MR) is 131 cm³/mol. The standard InChI is InChI=1S/C25H23N5O3S/c31-25(30-17-15-29(16-18-30)22-10-13-26-14-11-22)20-6-8-21(9-7-20)28-34(32,33)23-5-1-3-19-4-2-12-27-24(19)23/h1-14,28H,15-18H2. The average molecular weight is 474 g/mol. The molecule has 0 spiro atoms. The van der Waals surface area contributed by atoms with Crippen LogP contribution in [0.25, 0.3) is 10.9 Å². The summed E-state index contributed by atoms with van der Waals surface area (Å²) in [4.78, 5) is 25.4. The Kier molecular flexibility index (Phi) is 5.85. The van der Waals surface area contributed by atoms with Crippen molar-refractivity contribution in [3.63, 3.8) is 0 Å². The molecule has 1 aliphatic rings. The number of carbonyl (C=O) groups is 1. The predicted octanol–water partition coefficient (Wildman–Crippen LogP) is 3.39. The van der Waals surface area contributed by atoms with E-state index in [1.165, 1.54) is 6.07 Å². The molecule has 1 saturated heterocycles. The summed E-state index contributed by atoms with van der Waals surface area (Å²) in [6, 6.07) is 19.1. The van der Waals surface area contributed by atoms with Crippen LogP contribution in [-0.2, 0) is 10.0 Å². The zero-order chi connectivity index (χ0) is 23.5. The monoisotopic (exact) mass is 473 g/mol. The minimum Gasteiger partial charge on any atom is -0.368 e. The average Bonchev–Trinajstić information content (AvgIpc) is 2.89. The fourth-order valence-electron chi connectivity index (χ4n) is 4.09. The maximum Gasteiger partial charge on any atom is 0.264 e. The van der Waals surface area contributed by atoms with Crippen LogP contribution >= 0.6 is 0 Å². The first-order chi connectivity index (χ1) is 16.5. The number of nitrogens with zero attached hydrogens (tertiary/aromatic N) is 4. The van der Waals surface area contributed by atoms with E-state index in [2.05, 4.69) is 19.6 Å². The molecule has 1 aliphatic heterocycles. The molecule has 0 atom stereocenters. The van der Waals surface area contributed by atoms with Gasteiger partial charge in [-0.15, -0.1) is 0 Å². The number of benzene rings is 2. The summed E-state index contributed by atoms with van der Waals surface area (Å²) >= 11 is 0. The van der Waals surface area contributed by atoms with E-state index >= 15 is 0 Å². The number of rotatable bonds is 5. The van der Waals surface area contributed by atoms with E-state index in [4.69, 9.17) is 0 Å². The molecular formula is C25H23N5O3S. The molecule has 0 radical (unpaired) electrons. The maximum absolute atomic E-state index is 13.0. The fourth-order valence-corrected chi connectivity index (χ4v) is 5.33. The van der Waals surface area contributed by atoms with Gasteiger partial charge in [-0.2, -0.15) is 0 Å². The number of fused-ring (bicyclic) bond motifs is 1. The van der Waals surface area contributed by atoms with Gasteiger partial charge in [0, 0.05) is 67.1 Å². The Balaban J connectivity index is 1.26. The summed E-state index contributed by atoms with van der Waals surface area (Å²) in [7, 11) is -3.84. The molecular weight excluding hydrogens is 450 g/mol. The first kappa shape index (κ1) is 21.8. The number of amides is 1. The number of para-hydroxylation sites is 1. The Morgan fingerprint density at radius 3 is 2.26 bits per heavy atom. The summed E-state index contributed by atoms with van der Waals surface area (Å²) in [6.07, 6.45) is 5.09. The van der Waals surface area contributed by atoms with E-state index < -0.39 is 10.0 Å². The fraction of sp³-hybridized carbons (Fsp3) is 0.160. The lowest BCUT2D eigenvalue weighted by molar-refractivity contribution is 0.0747. The topological polar surface area (TPSA) is 95.5 Å². The summed E-state index contributed by atoms with van der Waals surface area (Å²) in [6.45, 7) is 2.71. The first-order valence-electron chi connectivity index (χ1n) is 10.9. The third-order valence-corrected chi connectivity index (χ3v) is 7.28. The summed E-state index contributed by atoms with van der Waals surface area (Å²) in [5.74, 6) is -0.0676. The number of sulfonamides is 1. The van der Waals surface area contributed by atoms with E-state index in [1.807, 2.05) is 29.2 Å². The smallest absolute Gasteiger partial charge is 0.264 e. The van der Waals surface area contributed by atoms with Crippen LogP contribution < -0.4 is 9.62 Å². The third-order valence-electron chi connectivity index (χ3n) is 5.86. The van der Waals surface area contributed by atoms with Crippen LogP contribution in [0.3, 0.4) is 0 Å². The Morgan fingerprint density at radius 2 is 1.53 bits per heavy atom. The lowest BCUT2D eigenvalue weighted by Crippen LogP contribution is -2.48. The van der Waals surface area contributed by atoms with Crippen LogP contribution in [0.5, 0.6) is 0 Å². The van der Waals surface area contributed by atoms with E-state index in [9.17, 15) is 13.2 Å². The second-order valence-electron chi connectivity index (χ2n) is 8.00. The van der Waals surface area contributed by atoms with Gasteiger partial charge in [0.05, 0.1) is 5.52 Å². The number of aromatic nitrogens is 2. The molecule has 1 fully saturated rings. The molecule has 1 N–H and O–H groups in total. The van der Waals surface area contributed by atoms with Gasteiger partial charge < -0.3 is 9.80 Å². The molecule has 2 aromatic carbocycles. The zero-order valence-electron chi connectivity index (χ0n) is 18.3. The normalized spacial score (nSPS) is 14.2. The second kappa shape index (κ2) is 9.11. The molecule has 9 heteroatoms. The lowest BCUT2D eigenvalue weighted by Gasteiger charge is -2.36. The number of piperazine rings is 1. The Morgan fingerprint density at radius 1 is 0.824 bits per heavy atom. The van der Waals surface area contributed by atoms with Gasteiger partial charge in [0.2, 0.25) is 0 Å². The second-order valence-corrected chi connectivity index (χ2v) is 9.65. The van der Waals surface area contributed by atoms with Crippen molar-refractivity contribution >= 4 is 38.2 Å². The van der Waals surface area contributed by atoms with Crippen LogP contribution in [0.2, 0.25) is 0 Å². The Labute approximate surface area is 197 Å². The number of hydrogen-bond donors (Lipinski definition) is 1. The van der Waals surface area contributed by atoms with Crippen molar-refractivity contribution in [3.8, 4) is 0 Å². The molecule has 1 amide bonds. The van der Waals surface area contributed by atoms with Crippen molar-refractivity contribution in [3.05, 3.63) is 90.9 Å². The van der Waals surface area contributed by atoms with Gasteiger partial charge in [0.1, 0.15) is 4.90 Å². The highest BCUT2D eigenvalue weighted by molar-refractivity contribution is 7.93. The van der Waals surface area contributed by atoms with Crippen molar-refractivity contribution < 1.29 is 13.2 Å². The van der Waals surface area contributed by atoms with Crippen LogP contribution in [0, 0.1) is 0 Å². The van der Waals surface area contributed by atoms with Gasteiger partial charge in [-0.05, 0) is 48.5 Å². The molecule has 8 nitrogen and oxygen atoms in total. The van der Waals surface area contributed by atoms with Gasteiger partial charge in [-0.1, -0.05) is 18.2 Å². The highest BCUT2D eigenvalue weighted by Crippen LogP contribution is 2.24. The zero-order valence-corrected chi connectivity index (χ0v) is 19.1. The number of hydrogen-bond acceptors (Lipinski definition) is 6. The number of nitrogens with one attached hydrogen (secondary N) is 1. The maximum atomic E-state index is 13.0. The van der Waals surface area contributed by atoms with E-state index in [1.54, 1.807) is 55.0 Å². The molecule has 0 aliphatic carbocycles. The summed E-state index contributed by atoms with van der Waals surface area (Å²) < 4.78 is 28.6. The van der Waals surface area contributed by atoms with Crippen LogP contribution in [0.4, 0.5) is 11.4 Å². The quantitative estimate of drug-likeness (QED) is 0.477. The molecule has 0 bridgehead atoms. The minimum atomic E-state index is -3.84. The van der Waals surface area contributed by atoms with E-state index in [-0.39, 0.29) is 10.8 Å². The molecule has 0 unspecified atom stereocenters. The van der Waals surface area contributed by atoms with Crippen molar-refractivity contribution in [1.29, 1.82) is 0 Å².